The largest absolute Gasteiger partial charge is 0.467 e. The molecule has 0 unspecified atom stereocenters. The minimum Gasteiger partial charge on any atom is -0.467 e. The molecule has 22 heavy (non-hydrogen) atoms. The maximum atomic E-state index is 11.9. The van der Waals surface area contributed by atoms with Crippen LogP contribution in [0.15, 0.2) is 27.9 Å². The molecule has 0 aromatic carbocycles. The zero-order chi connectivity index (χ0) is 15.8. The van der Waals surface area contributed by atoms with Crippen LogP contribution in [0, 0.1) is 5.92 Å². The summed E-state index contributed by atoms with van der Waals surface area (Å²) >= 11 is 0. The molecular weight excluding hydrogens is 282 g/mol. The van der Waals surface area contributed by atoms with Crippen molar-refractivity contribution in [3.05, 3.63) is 24.2 Å². The lowest BCUT2D eigenvalue weighted by Crippen LogP contribution is -2.30. The van der Waals surface area contributed by atoms with E-state index >= 15 is 0 Å². The third-order valence-electron chi connectivity index (χ3n) is 3.79. The summed E-state index contributed by atoms with van der Waals surface area (Å²) in [5.41, 5.74) is 3.16. The van der Waals surface area contributed by atoms with E-state index in [9.17, 15) is 9.59 Å². The van der Waals surface area contributed by atoms with E-state index in [4.69, 9.17) is 4.42 Å². The van der Waals surface area contributed by atoms with Crippen LogP contribution in [0.4, 0.5) is 0 Å². The molecule has 2 rings (SSSR count). The average molecular weight is 305 g/mol. The molecule has 0 bridgehead atoms. The van der Waals surface area contributed by atoms with Gasteiger partial charge < -0.3 is 9.73 Å². The van der Waals surface area contributed by atoms with Crippen LogP contribution in [0.3, 0.4) is 0 Å². The number of furan rings is 1. The number of nitrogens with one attached hydrogen (secondary N) is 2. The third-order valence-corrected chi connectivity index (χ3v) is 3.79. The van der Waals surface area contributed by atoms with E-state index in [1.807, 2.05) is 0 Å². The van der Waals surface area contributed by atoms with Crippen LogP contribution >= 0.6 is 0 Å². The summed E-state index contributed by atoms with van der Waals surface area (Å²) < 4.78 is 5.13. The number of hydrogen-bond donors (Lipinski definition) is 2. The Balaban J connectivity index is 1.69. The van der Waals surface area contributed by atoms with Crippen molar-refractivity contribution in [1.82, 2.24) is 10.7 Å². The van der Waals surface area contributed by atoms with Crippen LogP contribution < -0.4 is 10.7 Å². The Morgan fingerprint density at radius 2 is 2.09 bits per heavy atom. The summed E-state index contributed by atoms with van der Waals surface area (Å²) in [6, 6.07) is 3.57. The molecule has 6 nitrogen and oxygen atoms in total. The highest BCUT2D eigenvalue weighted by atomic mass is 16.3. The number of nitrogens with zero attached hydrogens (tertiary/aromatic N) is 1. The first-order valence-corrected chi connectivity index (χ1v) is 7.77. The van der Waals surface area contributed by atoms with Crippen LogP contribution in [0.5, 0.6) is 0 Å². The molecule has 0 radical (unpaired) electrons. The van der Waals surface area contributed by atoms with Crippen LogP contribution in [0.2, 0.25) is 0 Å². The topological polar surface area (TPSA) is 83.7 Å². The molecule has 2 N–H and O–H groups in total. The van der Waals surface area contributed by atoms with Crippen LogP contribution in [0.1, 0.15) is 51.2 Å². The molecule has 0 atom stereocenters. The highest BCUT2D eigenvalue weighted by Gasteiger charge is 2.20. The van der Waals surface area contributed by atoms with Crippen molar-refractivity contribution in [2.45, 2.75) is 52.0 Å². The second kappa shape index (κ2) is 8.36. The molecule has 1 aliphatic carbocycles. The molecule has 0 saturated heterocycles. The van der Waals surface area contributed by atoms with E-state index in [0.29, 0.717) is 18.0 Å². The van der Waals surface area contributed by atoms with Gasteiger partial charge in [-0.3, -0.25) is 9.59 Å². The molecule has 1 fully saturated rings. The maximum absolute atomic E-state index is 11.9. The van der Waals surface area contributed by atoms with Crippen molar-refractivity contribution in [1.29, 1.82) is 0 Å². The van der Waals surface area contributed by atoms with E-state index < -0.39 is 0 Å². The van der Waals surface area contributed by atoms with Gasteiger partial charge in [0.15, 0.2) is 0 Å². The van der Waals surface area contributed by atoms with Crippen molar-refractivity contribution in [3.8, 4) is 0 Å². The van der Waals surface area contributed by atoms with Crippen molar-refractivity contribution >= 4 is 17.5 Å². The molecule has 2 amide bonds. The SMILES string of the molecule is C/C(CC(=O)NCc1ccco1)=N\NC(=O)C1CCCCC1. The van der Waals surface area contributed by atoms with E-state index in [-0.39, 0.29) is 24.2 Å². The molecular formula is C16H23N3O3. The van der Waals surface area contributed by atoms with Crippen molar-refractivity contribution in [2.24, 2.45) is 11.0 Å². The standard InChI is InChI=1S/C16H23N3O3/c1-12(10-15(20)17-11-14-8-5-9-22-14)18-19-16(21)13-6-3-2-4-7-13/h5,8-9,13H,2-4,6-7,10-11H2,1H3,(H,17,20)(H,19,21)/b18-12+. The van der Waals surface area contributed by atoms with Crippen molar-refractivity contribution in [3.63, 3.8) is 0 Å². The highest BCUT2D eigenvalue weighted by Crippen LogP contribution is 2.23. The Labute approximate surface area is 130 Å². The fourth-order valence-corrected chi connectivity index (χ4v) is 2.54. The molecule has 6 heteroatoms. The van der Waals surface area contributed by atoms with Gasteiger partial charge in [0.1, 0.15) is 5.76 Å². The van der Waals surface area contributed by atoms with Crippen LogP contribution in [-0.2, 0) is 16.1 Å². The Morgan fingerprint density at radius 3 is 2.77 bits per heavy atom. The lowest BCUT2D eigenvalue weighted by Gasteiger charge is -2.19. The van der Waals surface area contributed by atoms with Gasteiger partial charge in [0.05, 0.1) is 19.2 Å². The predicted molar refractivity (Wildman–Crippen MR) is 83.0 cm³/mol. The van der Waals surface area contributed by atoms with E-state index in [2.05, 4.69) is 15.8 Å². The summed E-state index contributed by atoms with van der Waals surface area (Å²) in [6.07, 6.45) is 7.02. The monoisotopic (exact) mass is 305 g/mol. The smallest absolute Gasteiger partial charge is 0.243 e. The fourth-order valence-electron chi connectivity index (χ4n) is 2.54. The summed E-state index contributed by atoms with van der Waals surface area (Å²) in [6.45, 7) is 2.08. The van der Waals surface area contributed by atoms with Gasteiger partial charge in [-0.15, -0.1) is 0 Å². The molecule has 1 heterocycles. The van der Waals surface area contributed by atoms with Crippen molar-refractivity contribution in [2.75, 3.05) is 0 Å². The number of hydrogen-bond acceptors (Lipinski definition) is 4. The second-order valence-corrected chi connectivity index (χ2v) is 5.69. The normalized spacial score (nSPS) is 16.3. The second-order valence-electron chi connectivity index (χ2n) is 5.69. The Morgan fingerprint density at radius 1 is 1.32 bits per heavy atom. The molecule has 0 aliphatic heterocycles. The molecule has 120 valence electrons. The van der Waals surface area contributed by atoms with Crippen LogP contribution in [0.25, 0.3) is 0 Å². The number of rotatable bonds is 6. The van der Waals surface area contributed by atoms with E-state index in [0.717, 1.165) is 25.7 Å². The fraction of sp³-hybridized carbons (Fsp3) is 0.562. The zero-order valence-corrected chi connectivity index (χ0v) is 12.9. The Bertz CT molecular complexity index is 517. The Hall–Kier alpha value is -2.11. The molecule has 1 aromatic rings. The van der Waals surface area contributed by atoms with Gasteiger partial charge in [-0.25, -0.2) is 5.43 Å². The Kier molecular flexibility index (Phi) is 6.18. The van der Waals surface area contributed by atoms with Gasteiger partial charge in [-0.1, -0.05) is 19.3 Å². The number of amides is 2. The van der Waals surface area contributed by atoms with E-state index in [1.54, 1.807) is 25.3 Å². The molecule has 0 spiro atoms. The zero-order valence-electron chi connectivity index (χ0n) is 12.9. The first-order chi connectivity index (χ1) is 10.6. The summed E-state index contributed by atoms with van der Waals surface area (Å²) in [7, 11) is 0. The van der Waals surface area contributed by atoms with Gasteiger partial charge in [-0.2, -0.15) is 5.10 Å². The van der Waals surface area contributed by atoms with Crippen LogP contribution in [-0.4, -0.2) is 17.5 Å². The number of carbonyl (C=O) groups is 2. The molecule has 1 aliphatic rings. The van der Waals surface area contributed by atoms with Gasteiger partial charge in [-0.05, 0) is 31.9 Å². The first-order valence-electron chi connectivity index (χ1n) is 7.77. The average Bonchev–Trinajstić information content (AvgIpc) is 3.05. The summed E-state index contributed by atoms with van der Waals surface area (Å²) in [4.78, 5) is 23.7. The lowest BCUT2D eigenvalue weighted by atomic mass is 9.89. The van der Waals surface area contributed by atoms with Gasteiger partial charge in [0, 0.05) is 11.6 Å². The minimum atomic E-state index is -0.149. The van der Waals surface area contributed by atoms with E-state index in [1.165, 1.54) is 6.42 Å². The predicted octanol–water partition coefficient (Wildman–Crippen LogP) is 2.36. The highest BCUT2D eigenvalue weighted by molar-refractivity contribution is 6.00. The van der Waals surface area contributed by atoms with Gasteiger partial charge in [0.25, 0.3) is 0 Å². The van der Waals surface area contributed by atoms with Crippen molar-refractivity contribution < 1.29 is 14.0 Å². The molecule has 1 aromatic heterocycles. The third kappa shape index (κ3) is 5.35. The summed E-state index contributed by atoms with van der Waals surface area (Å²) in [5, 5.41) is 6.76. The van der Waals surface area contributed by atoms with Gasteiger partial charge in [0.2, 0.25) is 11.8 Å². The minimum absolute atomic E-state index is 0.0324. The maximum Gasteiger partial charge on any atom is 0.243 e. The summed E-state index contributed by atoms with van der Waals surface area (Å²) in [5.74, 6) is 0.589. The number of carbonyl (C=O) groups excluding carboxylic acids is 2. The number of hydrazone groups is 1. The lowest BCUT2D eigenvalue weighted by molar-refractivity contribution is -0.126. The quantitative estimate of drug-likeness (QED) is 0.625. The molecule has 1 saturated carbocycles. The van der Waals surface area contributed by atoms with Gasteiger partial charge >= 0.3 is 0 Å². The first kappa shape index (κ1) is 16.3.